The van der Waals surface area contributed by atoms with E-state index in [9.17, 15) is 4.79 Å². The number of amides is 1. The van der Waals surface area contributed by atoms with Gasteiger partial charge in [-0.15, -0.1) is 0 Å². The highest BCUT2D eigenvalue weighted by molar-refractivity contribution is 5.78. The number of aromatic amines is 1. The van der Waals surface area contributed by atoms with Gasteiger partial charge in [0.15, 0.2) is 0 Å². The number of rotatable bonds is 4. The molecule has 0 atom stereocenters. The number of likely N-dealkylation sites (tertiary alicyclic amines) is 1. The van der Waals surface area contributed by atoms with E-state index in [1.165, 1.54) is 6.42 Å². The van der Waals surface area contributed by atoms with Crippen molar-refractivity contribution in [2.24, 2.45) is 0 Å². The van der Waals surface area contributed by atoms with Crippen LogP contribution in [0.4, 0.5) is 0 Å². The third-order valence-electron chi connectivity index (χ3n) is 2.86. The lowest BCUT2D eigenvalue weighted by Gasteiger charge is -2.26. The van der Waals surface area contributed by atoms with Crippen molar-refractivity contribution in [3.05, 3.63) is 18.0 Å². The Morgan fingerprint density at radius 2 is 2.25 bits per heavy atom. The molecule has 5 heteroatoms. The van der Waals surface area contributed by atoms with Crippen LogP contribution in [0.3, 0.4) is 0 Å². The van der Waals surface area contributed by atoms with Crippen molar-refractivity contribution in [3.63, 3.8) is 0 Å². The second-order valence-electron chi connectivity index (χ2n) is 4.13. The molecule has 5 nitrogen and oxygen atoms in total. The Morgan fingerprint density at radius 1 is 1.44 bits per heavy atom. The van der Waals surface area contributed by atoms with Crippen LogP contribution in [-0.2, 0) is 11.3 Å². The number of nitrogens with one attached hydrogen (secondary N) is 2. The van der Waals surface area contributed by atoms with E-state index in [1.54, 1.807) is 6.20 Å². The molecule has 0 saturated carbocycles. The number of hydrogen-bond acceptors (Lipinski definition) is 3. The molecule has 16 heavy (non-hydrogen) atoms. The van der Waals surface area contributed by atoms with E-state index < -0.39 is 0 Å². The number of nitrogens with zero attached hydrogens (tertiary/aromatic N) is 2. The Hall–Kier alpha value is -1.36. The van der Waals surface area contributed by atoms with Crippen LogP contribution < -0.4 is 5.32 Å². The number of hydrogen-bond donors (Lipinski definition) is 2. The Balaban J connectivity index is 1.67. The summed E-state index contributed by atoms with van der Waals surface area (Å²) in [6.07, 6.45) is 5.26. The van der Waals surface area contributed by atoms with E-state index in [1.807, 2.05) is 11.0 Å². The van der Waals surface area contributed by atoms with Gasteiger partial charge in [0.25, 0.3) is 0 Å². The van der Waals surface area contributed by atoms with Gasteiger partial charge in [-0.1, -0.05) is 0 Å². The quantitative estimate of drug-likeness (QED) is 0.780. The van der Waals surface area contributed by atoms with Crippen LogP contribution in [-0.4, -0.2) is 40.6 Å². The molecule has 2 N–H and O–H groups in total. The molecule has 2 heterocycles. The van der Waals surface area contributed by atoms with Gasteiger partial charge in [0.1, 0.15) is 0 Å². The molecule has 1 aliphatic rings. The van der Waals surface area contributed by atoms with Crippen LogP contribution in [0.2, 0.25) is 0 Å². The number of piperidine rings is 1. The lowest BCUT2D eigenvalue weighted by molar-refractivity contribution is -0.131. The molecule has 88 valence electrons. The average Bonchev–Trinajstić information content (AvgIpc) is 2.83. The first-order valence-corrected chi connectivity index (χ1v) is 5.83. The molecule has 0 radical (unpaired) electrons. The van der Waals surface area contributed by atoms with Crippen LogP contribution in [0.1, 0.15) is 25.0 Å². The molecular weight excluding hydrogens is 204 g/mol. The molecule has 2 rings (SSSR count). The first-order chi connectivity index (χ1) is 7.86. The minimum Gasteiger partial charge on any atom is -0.342 e. The molecule has 1 amide bonds. The maximum absolute atomic E-state index is 11.8. The van der Waals surface area contributed by atoms with Crippen molar-refractivity contribution in [1.82, 2.24) is 20.4 Å². The molecule has 0 aliphatic carbocycles. The molecule has 1 aliphatic heterocycles. The van der Waals surface area contributed by atoms with Crippen molar-refractivity contribution in [1.29, 1.82) is 0 Å². The molecular formula is C11H18N4O. The summed E-state index contributed by atoms with van der Waals surface area (Å²) in [5, 5.41) is 9.82. The summed E-state index contributed by atoms with van der Waals surface area (Å²) in [5.41, 5.74) is 1.01. The zero-order valence-electron chi connectivity index (χ0n) is 9.41. The molecule has 1 saturated heterocycles. The Kier molecular flexibility index (Phi) is 3.93. The second-order valence-corrected chi connectivity index (χ2v) is 4.13. The highest BCUT2D eigenvalue weighted by Gasteiger charge is 2.15. The molecule has 0 bridgehead atoms. The lowest BCUT2D eigenvalue weighted by atomic mass is 10.1. The SMILES string of the molecule is O=C(CNCc1ccn[nH]1)N1CCCCC1. The Bertz CT molecular complexity index is 317. The van der Waals surface area contributed by atoms with E-state index >= 15 is 0 Å². The van der Waals surface area contributed by atoms with Gasteiger partial charge < -0.3 is 10.2 Å². The zero-order valence-corrected chi connectivity index (χ0v) is 9.41. The summed E-state index contributed by atoms with van der Waals surface area (Å²) in [6.45, 7) is 2.92. The Labute approximate surface area is 95.2 Å². The summed E-state index contributed by atoms with van der Waals surface area (Å²) < 4.78 is 0. The van der Waals surface area contributed by atoms with Gasteiger partial charge in [-0.2, -0.15) is 5.10 Å². The van der Waals surface area contributed by atoms with Gasteiger partial charge in [0.2, 0.25) is 5.91 Å². The van der Waals surface area contributed by atoms with E-state index in [2.05, 4.69) is 15.5 Å². The number of carbonyl (C=O) groups is 1. The fraction of sp³-hybridized carbons (Fsp3) is 0.636. The standard InChI is InChI=1S/C11H18N4O/c16-11(15-6-2-1-3-7-15)9-12-8-10-4-5-13-14-10/h4-5,12H,1-3,6-9H2,(H,13,14). The number of H-pyrrole nitrogens is 1. The van der Waals surface area contributed by atoms with E-state index in [-0.39, 0.29) is 5.91 Å². The van der Waals surface area contributed by atoms with Crippen molar-refractivity contribution in [2.75, 3.05) is 19.6 Å². The molecule has 1 aromatic rings. The largest absolute Gasteiger partial charge is 0.342 e. The van der Waals surface area contributed by atoms with Crippen LogP contribution in [0, 0.1) is 0 Å². The normalized spacial score (nSPS) is 16.4. The topological polar surface area (TPSA) is 61.0 Å². The van der Waals surface area contributed by atoms with Gasteiger partial charge in [0, 0.05) is 31.5 Å². The molecule has 1 aromatic heterocycles. The zero-order chi connectivity index (χ0) is 11.2. The van der Waals surface area contributed by atoms with Crippen molar-refractivity contribution in [3.8, 4) is 0 Å². The summed E-state index contributed by atoms with van der Waals surface area (Å²) in [7, 11) is 0. The molecule has 0 unspecified atom stereocenters. The fourth-order valence-electron chi connectivity index (χ4n) is 1.94. The van der Waals surface area contributed by atoms with Crippen molar-refractivity contribution in [2.45, 2.75) is 25.8 Å². The van der Waals surface area contributed by atoms with Gasteiger partial charge in [-0.3, -0.25) is 9.89 Å². The highest BCUT2D eigenvalue weighted by atomic mass is 16.2. The Morgan fingerprint density at radius 3 is 2.94 bits per heavy atom. The first kappa shape index (κ1) is 11.1. The van der Waals surface area contributed by atoms with Crippen molar-refractivity contribution >= 4 is 5.91 Å². The lowest BCUT2D eigenvalue weighted by Crippen LogP contribution is -2.40. The van der Waals surface area contributed by atoms with Crippen LogP contribution in [0.25, 0.3) is 0 Å². The van der Waals surface area contributed by atoms with Gasteiger partial charge in [-0.05, 0) is 25.3 Å². The summed E-state index contributed by atoms with van der Waals surface area (Å²) >= 11 is 0. The third kappa shape index (κ3) is 3.06. The minimum absolute atomic E-state index is 0.208. The minimum atomic E-state index is 0.208. The van der Waals surface area contributed by atoms with E-state index in [0.29, 0.717) is 13.1 Å². The molecule has 1 fully saturated rings. The summed E-state index contributed by atoms with van der Waals surface area (Å²) in [5.74, 6) is 0.208. The summed E-state index contributed by atoms with van der Waals surface area (Å²) in [4.78, 5) is 13.7. The van der Waals surface area contributed by atoms with E-state index in [4.69, 9.17) is 0 Å². The molecule has 0 spiro atoms. The van der Waals surface area contributed by atoms with Crippen molar-refractivity contribution < 1.29 is 4.79 Å². The van der Waals surface area contributed by atoms with Crippen LogP contribution in [0.5, 0.6) is 0 Å². The monoisotopic (exact) mass is 222 g/mol. The van der Waals surface area contributed by atoms with Crippen LogP contribution >= 0.6 is 0 Å². The maximum Gasteiger partial charge on any atom is 0.236 e. The average molecular weight is 222 g/mol. The number of aromatic nitrogens is 2. The van der Waals surface area contributed by atoms with E-state index in [0.717, 1.165) is 31.6 Å². The maximum atomic E-state index is 11.8. The predicted octanol–water partition coefficient (Wildman–Crippen LogP) is 0.512. The van der Waals surface area contributed by atoms with Crippen LogP contribution in [0.15, 0.2) is 12.3 Å². The smallest absolute Gasteiger partial charge is 0.236 e. The highest BCUT2D eigenvalue weighted by Crippen LogP contribution is 2.08. The second kappa shape index (κ2) is 5.65. The summed E-state index contributed by atoms with van der Waals surface area (Å²) in [6, 6.07) is 1.90. The first-order valence-electron chi connectivity index (χ1n) is 5.83. The van der Waals surface area contributed by atoms with Gasteiger partial charge in [-0.25, -0.2) is 0 Å². The fourth-order valence-corrected chi connectivity index (χ4v) is 1.94. The van der Waals surface area contributed by atoms with Gasteiger partial charge >= 0.3 is 0 Å². The third-order valence-corrected chi connectivity index (χ3v) is 2.86. The molecule has 0 aromatic carbocycles. The predicted molar refractivity (Wildman–Crippen MR) is 60.7 cm³/mol. The van der Waals surface area contributed by atoms with Gasteiger partial charge in [0.05, 0.1) is 6.54 Å². The number of carbonyl (C=O) groups excluding carboxylic acids is 1.